The highest BCUT2D eigenvalue weighted by atomic mass is 32.2. The van der Waals surface area contributed by atoms with E-state index in [-0.39, 0.29) is 0 Å². The second-order valence-electron chi connectivity index (χ2n) is 5.71. The monoisotopic (exact) mass is 329 g/mol. The highest BCUT2D eigenvalue weighted by Gasteiger charge is 2.31. The largest absolute Gasteiger partial charge is 0.346 e. The van der Waals surface area contributed by atoms with Gasteiger partial charge < -0.3 is 9.88 Å². The predicted octanol–water partition coefficient (Wildman–Crippen LogP) is 1.67. The van der Waals surface area contributed by atoms with Crippen LogP contribution in [0.3, 0.4) is 0 Å². The Hall–Kier alpha value is -0.500. The van der Waals surface area contributed by atoms with Crippen LogP contribution in [0.15, 0.2) is 17.2 Å². The van der Waals surface area contributed by atoms with E-state index in [0.29, 0.717) is 30.6 Å². The first-order chi connectivity index (χ1) is 10.1. The summed E-state index contributed by atoms with van der Waals surface area (Å²) < 4.78 is 29.5. The molecule has 1 aromatic heterocycles. The van der Waals surface area contributed by atoms with E-state index >= 15 is 0 Å². The molecule has 1 aliphatic carbocycles. The van der Waals surface area contributed by atoms with E-state index in [1.54, 1.807) is 4.31 Å². The van der Waals surface area contributed by atoms with Gasteiger partial charge >= 0.3 is 0 Å². The highest BCUT2D eigenvalue weighted by Crippen LogP contribution is 2.37. The maximum Gasteiger partial charge on any atom is 0.244 e. The van der Waals surface area contributed by atoms with Gasteiger partial charge in [-0.05, 0) is 38.1 Å². The highest BCUT2D eigenvalue weighted by molar-refractivity contribution is 7.99. The van der Waals surface area contributed by atoms with Crippen LogP contribution in [0.4, 0.5) is 0 Å². The molecule has 0 spiro atoms. The summed E-state index contributed by atoms with van der Waals surface area (Å²) in [6.07, 6.45) is 5.10. The molecule has 0 unspecified atom stereocenters. The lowest BCUT2D eigenvalue weighted by Gasteiger charge is -2.18. The molecule has 3 rings (SSSR count). The molecule has 1 saturated heterocycles. The first kappa shape index (κ1) is 15.4. The molecule has 0 atom stereocenters. The van der Waals surface area contributed by atoms with Gasteiger partial charge in [-0.3, -0.25) is 0 Å². The topological polar surface area (TPSA) is 54.3 Å². The fourth-order valence-corrected chi connectivity index (χ4v) is 5.30. The number of hydrogen-bond donors (Lipinski definition) is 1. The lowest BCUT2D eigenvalue weighted by Crippen LogP contribution is -2.32. The number of aromatic nitrogens is 1. The Morgan fingerprint density at radius 2 is 2.14 bits per heavy atom. The Labute approximate surface area is 131 Å². The standard InChI is InChI=1S/C14H23N3O2S2/c1-15-10-13-9-14(11-17(13)12-3-4-12)21(18,19)16-5-2-7-20-8-6-16/h9,11-12,15H,2-8,10H2,1H3. The molecule has 0 radical (unpaired) electrons. The Morgan fingerprint density at radius 3 is 2.86 bits per heavy atom. The van der Waals surface area contributed by atoms with Gasteiger partial charge in [-0.1, -0.05) is 0 Å². The minimum atomic E-state index is -3.34. The van der Waals surface area contributed by atoms with Crippen LogP contribution in [0.1, 0.15) is 31.0 Å². The molecule has 1 saturated carbocycles. The first-order valence-corrected chi connectivity index (χ1v) is 10.2. The van der Waals surface area contributed by atoms with Gasteiger partial charge in [0.15, 0.2) is 0 Å². The average Bonchev–Trinajstić information content (AvgIpc) is 3.25. The van der Waals surface area contributed by atoms with Crippen LogP contribution in [0.25, 0.3) is 0 Å². The number of rotatable bonds is 5. The molecule has 0 aromatic carbocycles. The summed E-state index contributed by atoms with van der Waals surface area (Å²) in [6.45, 7) is 1.98. The third kappa shape index (κ3) is 3.31. The Morgan fingerprint density at radius 1 is 1.33 bits per heavy atom. The van der Waals surface area contributed by atoms with Crippen LogP contribution < -0.4 is 5.32 Å². The second kappa shape index (κ2) is 6.32. The van der Waals surface area contributed by atoms with Gasteiger partial charge in [0.2, 0.25) is 10.0 Å². The van der Waals surface area contributed by atoms with Crippen molar-refractivity contribution in [3.8, 4) is 0 Å². The Kier molecular flexibility index (Phi) is 4.63. The molecule has 2 aliphatic rings. The molecule has 2 heterocycles. The summed E-state index contributed by atoms with van der Waals surface area (Å²) in [5.41, 5.74) is 1.07. The molecule has 5 nitrogen and oxygen atoms in total. The van der Waals surface area contributed by atoms with Crippen LogP contribution in [-0.4, -0.2) is 48.9 Å². The fraction of sp³-hybridized carbons (Fsp3) is 0.714. The minimum Gasteiger partial charge on any atom is -0.346 e. The average molecular weight is 329 g/mol. The van der Waals surface area contributed by atoms with E-state index in [2.05, 4.69) is 9.88 Å². The molecule has 1 N–H and O–H groups in total. The number of sulfonamides is 1. The van der Waals surface area contributed by atoms with Gasteiger partial charge in [0.05, 0.1) is 0 Å². The molecule has 0 bridgehead atoms. The van der Waals surface area contributed by atoms with E-state index in [0.717, 1.165) is 36.5 Å². The van der Waals surface area contributed by atoms with E-state index in [1.165, 1.54) is 0 Å². The number of thioether (sulfide) groups is 1. The first-order valence-electron chi connectivity index (χ1n) is 7.56. The van der Waals surface area contributed by atoms with Gasteiger partial charge in [-0.15, -0.1) is 0 Å². The predicted molar refractivity (Wildman–Crippen MR) is 86.2 cm³/mol. The molecule has 1 aromatic rings. The minimum absolute atomic E-state index is 0.464. The van der Waals surface area contributed by atoms with Crippen molar-refractivity contribution in [3.63, 3.8) is 0 Å². The zero-order valence-electron chi connectivity index (χ0n) is 12.4. The number of hydrogen-bond acceptors (Lipinski definition) is 4. The third-order valence-electron chi connectivity index (χ3n) is 4.02. The van der Waals surface area contributed by atoms with Crippen molar-refractivity contribution < 1.29 is 8.42 Å². The van der Waals surface area contributed by atoms with Crippen molar-refractivity contribution >= 4 is 21.8 Å². The smallest absolute Gasteiger partial charge is 0.244 e. The van der Waals surface area contributed by atoms with E-state index < -0.39 is 10.0 Å². The van der Waals surface area contributed by atoms with Crippen molar-refractivity contribution in [2.24, 2.45) is 0 Å². The van der Waals surface area contributed by atoms with Gasteiger partial charge in [-0.2, -0.15) is 16.1 Å². The molecular weight excluding hydrogens is 306 g/mol. The third-order valence-corrected chi connectivity index (χ3v) is 6.94. The molecule has 118 valence electrons. The Balaban J connectivity index is 1.88. The van der Waals surface area contributed by atoms with Crippen LogP contribution in [-0.2, 0) is 16.6 Å². The summed E-state index contributed by atoms with van der Waals surface area (Å²) >= 11 is 1.84. The zero-order chi connectivity index (χ0) is 14.9. The van der Waals surface area contributed by atoms with Gasteiger partial charge in [-0.25, -0.2) is 8.42 Å². The molecule has 7 heteroatoms. The molecule has 2 fully saturated rings. The summed E-state index contributed by atoms with van der Waals surface area (Å²) in [4.78, 5) is 0.464. The summed E-state index contributed by atoms with van der Waals surface area (Å²) in [7, 11) is -1.45. The Bertz CT molecular complexity index is 585. The van der Waals surface area contributed by atoms with E-state index in [1.807, 2.05) is 31.1 Å². The van der Waals surface area contributed by atoms with E-state index in [9.17, 15) is 8.42 Å². The van der Waals surface area contributed by atoms with Crippen molar-refractivity contribution in [2.75, 3.05) is 31.6 Å². The summed E-state index contributed by atoms with van der Waals surface area (Å²) in [5, 5.41) is 3.13. The van der Waals surface area contributed by atoms with Crippen LogP contribution in [0, 0.1) is 0 Å². The van der Waals surface area contributed by atoms with E-state index in [4.69, 9.17) is 0 Å². The summed E-state index contributed by atoms with van der Waals surface area (Å²) in [6, 6.07) is 2.35. The van der Waals surface area contributed by atoms with Gasteiger partial charge in [0.25, 0.3) is 0 Å². The van der Waals surface area contributed by atoms with Gasteiger partial charge in [0.1, 0.15) is 4.90 Å². The SMILES string of the molecule is CNCc1cc(S(=O)(=O)N2CCCSCC2)cn1C1CC1. The quantitative estimate of drug-likeness (QED) is 0.893. The van der Waals surface area contributed by atoms with Crippen molar-refractivity contribution in [3.05, 3.63) is 18.0 Å². The van der Waals surface area contributed by atoms with Crippen molar-refractivity contribution in [1.29, 1.82) is 0 Å². The van der Waals surface area contributed by atoms with Crippen LogP contribution in [0.5, 0.6) is 0 Å². The van der Waals surface area contributed by atoms with Crippen molar-refractivity contribution in [1.82, 2.24) is 14.2 Å². The molecule has 21 heavy (non-hydrogen) atoms. The molecule has 0 amide bonds. The lowest BCUT2D eigenvalue weighted by molar-refractivity contribution is 0.435. The lowest BCUT2D eigenvalue weighted by atomic mass is 10.4. The second-order valence-corrected chi connectivity index (χ2v) is 8.87. The van der Waals surface area contributed by atoms with Crippen molar-refractivity contribution in [2.45, 2.75) is 36.7 Å². The number of nitrogens with zero attached hydrogens (tertiary/aromatic N) is 2. The number of nitrogens with one attached hydrogen (secondary N) is 1. The van der Waals surface area contributed by atoms with Crippen LogP contribution in [0.2, 0.25) is 0 Å². The maximum atomic E-state index is 12.8. The molecular formula is C14H23N3O2S2. The fourth-order valence-electron chi connectivity index (χ4n) is 2.77. The molecule has 1 aliphatic heterocycles. The normalized spacial score (nSPS) is 21.4. The maximum absolute atomic E-state index is 12.8. The summed E-state index contributed by atoms with van der Waals surface area (Å²) in [5.74, 6) is 1.95. The van der Waals surface area contributed by atoms with Crippen LogP contribution >= 0.6 is 11.8 Å². The zero-order valence-corrected chi connectivity index (χ0v) is 14.0. The van der Waals surface area contributed by atoms with Gasteiger partial charge in [0, 0.05) is 43.3 Å².